The molecule has 0 radical (unpaired) electrons. The Bertz CT molecular complexity index is 820. The van der Waals surface area contributed by atoms with Gasteiger partial charge in [0.15, 0.2) is 5.82 Å². The van der Waals surface area contributed by atoms with Crippen LogP contribution in [-0.4, -0.2) is 33.3 Å². The van der Waals surface area contributed by atoms with Crippen molar-refractivity contribution in [3.8, 4) is 11.3 Å². The molecule has 0 aliphatic carbocycles. The third-order valence-corrected chi connectivity index (χ3v) is 4.59. The van der Waals surface area contributed by atoms with Crippen molar-refractivity contribution in [2.24, 2.45) is 0 Å². The molecule has 0 unspecified atom stereocenters. The number of aromatic amines is 1. The van der Waals surface area contributed by atoms with E-state index in [1.807, 2.05) is 6.20 Å². The van der Waals surface area contributed by atoms with Crippen LogP contribution in [0.25, 0.3) is 11.3 Å². The Hall–Kier alpha value is -2.83. The van der Waals surface area contributed by atoms with Crippen LogP contribution in [0.4, 0.5) is 14.6 Å². The number of hydrogen-bond acceptors (Lipinski definition) is 4. The summed E-state index contributed by atoms with van der Waals surface area (Å²) in [5, 5.41) is 8.19. The van der Waals surface area contributed by atoms with Gasteiger partial charge in [-0.3, -0.25) is 0 Å². The highest BCUT2D eigenvalue weighted by Crippen LogP contribution is 2.29. The van der Waals surface area contributed by atoms with Gasteiger partial charge in [0.25, 0.3) is 0 Å². The molecule has 1 aliphatic heterocycles. The molecule has 0 atom stereocenters. The van der Waals surface area contributed by atoms with Gasteiger partial charge in [-0.15, -0.1) is 10.2 Å². The fourth-order valence-electron chi connectivity index (χ4n) is 3.25. The summed E-state index contributed by atoms with van der Waals surface area (Å²) in [7, 11) is 0. The second kappa shape index (κ2) is 6.58. The number of imidazole rings is 1. The average molecular weight is 341 g/mol. The number of nitrogens with one attached hydrogen (secondary N) is 1. The molecule has 3 aromatic rings. The van der Waals surface area contributed by atoms with E-state index < -0.39 is 11.6 Å². The third kappa shape index (κ3) is 3.09. The molecule has 4 rings (SSSR count). The molecule has 7 heteroatoms. The zero-order valence-corrected chi connectivity index (χ0v) is 13.5. The van der Waals surface area contributed by atoms with Crippen LogP contribution < -0.4 is 4.90 Å². The van der Waals surface area contributed by atoms with Crippen LogP contribution in [-0.2, 0) is 0 Å². The number of anilines is 1. The number of benzene rings is 1. The lowest BCUT2D eigenvalue weighted by Crippen LogP contribution is -2.33. The van der Waals surface area contributed by atoms with E-state index in [-0.39, 0.29) is 11.3 Å². The lowest BCUT2D eigenvalue weighted by Gasteiger charge is -2.31. The van der Waals surface area contributed by atoms with E-state index in [9.17, 15) is 8.78 Å². The normalized spacial score (nSPS) is 15.5. The first-order chi connectivity index (χ1) is 12.2. The molecule has 5 nitrogen and oxygen atoms in total. The summed E-state index contributed by atoms with van der Waals surface area (Å²) < 4.78 is 27.7. The van der Waals surface area contributed by atoms with Gasteiger partial charge >= 0.3 is 0 Å². The molecule has 0 bridgehead atoms. The molecule has 0 saturated carbocycles. The topological polar surface area (TPSA) is 57.7 Å². The summed E-state index contributed by atoms with van der Waals surface area (Å²) >= 11 is 0. The van der Waals surface area contributed by atoms with Crippen LogP contribution in [0.15, 0.2) is 42.7 Å². The summed E-state index contributed by atoms with van der Waals surface area (Å²) in [6.07, 6.45) is 5.55. The number of nitrogens with zero attached hydrogens (tertiary/aromatic N) is 4. The van der Waals surface area contributed by atoms with Crippen molar-refractivity contribution in [3.63, 3.8) is 0 Å². The van der Waals surface area contributed by atoms with Gasteiger partial charge in [0.2, 0.25) is 0 Å². The summed E-state index contributed by atoms with van der Waals surface area (Å²) in [6.45, 7) is 1.68. The highest BCUT2D eigenvalue weighted by atomic mass is 19.1. The standard InChI is InChI=1S/C18H17F2N5/c19-13-2-1-3-14(20)17(13)15-4-5-16(24-23-15)25-10-6-12(7-11-25)18-21-8-9-22-18/h1-5,8-9,12H,6-7,10-11H2,(H,21,22). The van der Waals surface area contributed by atoms with E-state index >= 15 is 0 Å². The molecular weight excluding hydrogens is 324 g/mol. The Kier molecular flexibility index (Phi) is 4.13. The SMILES string of the molecule is Fc1cccc(F)c1-c1ccc(N2CCC(c3ncc[nH]3)CC2)nn1. The summed E-state index contributed by atoms with van der Waals surface area (Å²) in [6, 6.07) is 7.14. The second-order valence-electron chi connectivity index (χ2n) is 6.11. The summed E-state index contributed by atoms with van der Waals surface area (Å²) in [5.74, 6) is 0.892. The fourth-order valence-corrected chi connectivity index (χ4v) is 3.25. The van der Waals surface area contributed by atoms with Crippen molar-refractivity contribution in [1.82, 2.24) is 20.2 Å². The van der Waals surface area contributed by atoms with E-state index in [0.717, 1.165) is 37.6 Å². The van der Waals surface area contributed by atoms with Crippen molar-refractivity contribution in [1.29, 1.82) is 0 Å². The van der Waals surface area contributed by atoms with E-state index in [0.29, 0.717) is 5.92 Å². The van der Waals surface area contributed by atoms with Crippen LogP contribution in [0.5, 0.6) is 0 Å². The van der Waals surface area contributed by atoms with Crippen LogP contribution in [0.2, 0.25) is 0 Å². The van der Waals surface area contributed by atoms with Gasteiger partial charge in [0.05, 0.1) is 11.3 Å². The maximum atomic E-state index is 13.8. The molecule has 0 amide bonds. The van der Waals surface area contributed by atoms with Gasteiger partial charge in [-0.1, -0.05) is 6.07 Å². The van der Waals surface area contributed by atoms with E-state index in [2.05, 4.69) is 25.1 Å². The van der Waals surface area contributed by atoms with Gasteiger partial charge in [-0.2, -0.15) is 0 Å². The minimum Gasteiger partial charge on any atom is -0.355 e. The molecule has 1 aromatic carbocycles. The summed E-state index contributed by atoms with van der Waals surface area (Å²) in [4.78, 5) is 9.63. The van der Waals surface area contributed by atoms with Gasteiger partial charge in [-0.25, -0.2) is 13.8 Å². The molecule has 1 N–H and O–H groups in total. The Labute approximate surface area is 143 Å². The quantitative estimate of drug-likeness (QED) is 0.792. The van der Waals surface area contributed by atoms with Gasteiger partial charge in [-0.05, 0) is 37.1 Å². The lowest BCUT2D eigenvalue weighted by molar-refractivity contribution is 0.485. The molecule has 2 aromatic heterocycles. The van der Waals surface area contributed by atoms with Crippen molar-refractivity contribution in [2.75, 3.05) is 18.0 Å². The maximum Gasteiger partial charge on any atom is 0.151 e. The fraction of sp³-hybridized carbons (Fsp3) is 0.278. The molecule has 1 saturated heterocycles. The van der Waals surface area contributed by atoms with Crippen molar-refractivity contribution >= 4 is 5.82 Å². The van der Waals surface area contributed by atoms with Crippen molar-refractivity contribution in [3.05, 3.63) is 60.2 Å². The average Bonchev–Trinajstić information content (AvgIpc) is 3.17. The van der Waals surface area contributed by atoms with E-state index in [1.54, 1.807) is 18.3 Å². The Balaban J connectivity index is 1.48. The molecular formula is C18H17F2N5. The zero-order valence-electron chi connectivity index (χ0n) is 13.5. The van der Waals surface area contributed by atoms with Gasteiger partial charge in [0.1, 0.15) is 17.5 Å². The minimum atomic E-state index is -0.638. The lowest BCUT2D eigenvalue weighted by atomic mass is 9.96. The van der Waals surface area contributed by atoms with Gasteiger partial charge < -0.3 is 9.88 Å². The summed E-state index contributed by atoms with van der Waals surface area (Å²) in [5.41, 5.74) is 0.0582. The number of aromatic nitrogens is 4. The first kappa shape index (κ1) is 15.7. The number of H-pyrrole nitrogens is 1. The first-order valence-electron chi connectivity index (χ1n) is 8.24. The van der Waals surface area contributed by atoms with Crippen molar-refractivity contribution < 1.29 is 8.78 Å². The molecule has 1 fully saturated rings. The zero-order chi connectivity index (χ0) is 17.2. The van der Waals surface area contributed by atoms with Crippen LogP contribution in [0.1, 0.15) is 24.6 Å². The predicted octanol–water partition coefficient (Wildman–Crippen LogP) is 3.53. The number of rotatable bonds is 3. The minimum absolute atomic E-state index is 0.141. The maximum absolute atomic E-state index is 13.8. The Morgan fingerprint density at radius 2 is 1.76 bits per heavy atom. The predicted molar refractivity (Wildman–Crippen MR) is 90.2 cm³/mol. The highest BCUT2D eigenvalue weighted by Gasteiger charge is 2.23. The molecule has 128 valence electrons. The van der Waals surface area contributed by atoms with Crippen molar-refractivity contribution in [2.45, 2.75) is 18.8 Å². The van der Waals surface area contributed by atoms with Gasteiger partial charge in [0, 0.05) is 31.4 Å². The largest absolute Gasteiger partial charge is 0.355 e. The third-order valence-electron chi connectivity index (χ3n) is 4.59. The first-order valence-corrected chi connectivity index (χ1v) is 8.24. The highest BCUT2D eigenvalue weighted by molar-refractivity contribution is 5.61. The van der Waals surface area contributed by atoms with E-state index in [1.165, 1.54) is 18.2 Å². The molecule has 3 heterocycles. The smallest absolute Gasteiger partial charge is 0.151 e. The van der Waals surface area contributed by atoms with Crippen LogP contribution in [0, 0.1) is 11.6 Å². The Morgan fingerprint density at radius 1 is 1.00 bits per heavy atom. The van der Waals surface area contributed by atoms with E-state index in [4.69, 9.17) is 0 Å². The monoisotopic (exact) mass is 341 g/mol. The van der Waals surface area contributed by atoms with Crippen LogP contribution in [0.3, 0.4) is 0 Å². The van der Waals surface area contributed by atoms with Crippen LogP contribution >= 0.6 is 0 Å². The number of halogens is 2. The second-order valence-corrected chi connectivity index (χ2v) is 6.11. The number of hydrogen-bond donors (Lipinski definition) is 1. The molecule has 25 heavy (non-hydrogen) atoms. The number of piperidine rings is 1. The molecule has 0 spiro atoms. The molecule has 1 aliphatic rings. The Morgan fingerprint density at radius 3 is 2.36 bits per heavy atom.